The highest BCUT2D eigenvalue weighted by Gasteiger charge is 2.31. The third kappa shape index (κ3) is 6.36. The van der Waals surface area contributed by atoms with Gasteiger partial charge in [0.05, 0.1) is 18.1 Å². The van der Waals surface area contributed by atoms with Gasteiger partial charge in [-0.15, -0.1) is 0 Å². The van der Waals surface area contributed by atoms with Gasteiger partial charge in [0.25, 0.3) is 0 Å². The third-order valence-electron chi connectivity index (χ3n) is 3.37. The fraction of sp³-hybridized carbons (Fsp3) is 0.929. The molecule has 0 aromatic heterocycles. The number of carbonyl (C=O) groups excluding carboxylic acids is 1. The molecule has 106 valence electrons. The van der Waals surface area contributed by atoms with E-state index in [0.717, 1.165) is 32.1 Å². The second kappa shape index (κ2) is 7.74. The maximum atomic E-state index is 11.7. The Hall–Kier alpha value is -0.610. The maximum absolute atomic E-state index is 11.7. The minimum absolute atomic E-state index is 0.0380. The van der Waals surface area contributed by atoms with Crippen molar-refractivity contribution in [1.29, 1.82) is 0 Å². The number of aliphatic hydroxyl groups is 1. The molecule has 1 amide bonds. The van der Waals surface area contributed by atoms with Crippen LogP contribution < -0.4 is 5.32 Å². The molecule has 0 unspecified atom stereocenters. The number of hydrogen-bond acceptors (Lipinski definition) is 3. The Balaban J connectivity index is 2.09. The standard InChI is InChI=1S/C14H27NO3/c1-12(2)18-10-6-9-15-13(16)11-14(17)7-4-3-5-8-14/h12,17H,3-11H2,1-2H3,(H,15,16). The van der Waals surface area contributed by atoms with Crippen LogP contribution in [0.3, 0.4) is 0 Å². The molecule has 1 aliphatic rings. The molecule has 2 N–H and O–H groups in total. The van der Waals surface area contributed by atoms with Gasteiger partial charge in [-0.25, -0.2) is 0 Å². The molecule has 0 heterocycles. The molecular weight excluding hydrogens is 230 g/mol. The number of hydrogen-bond donors (Lipinski definition) is 2. The Morgan fingerprint density at radius 1 is 1.33 bits per heavy atom. The zero-order chi connectivity index (χ0) is 13.4. The van der Waals surface area contributed by atoms with Crippen LogP contribution in [0, 0.1) is 0 Å². The van der Waals surface area contributed by atoms with Crippen LogP contribution in [0.15, 0.2) is 0 Å². The van der Waals surface area contributed by atoms with Crippen LogP contribution in [0.5, 0.6) is 0 Å². The molecule has 0 radical (unpaired) electrons. The lowest BCUT2D eigenvalue weighted by Gasteiger charge is -2.31. The van der Waals surface area contributed by atoms with Crippen molar-refractivity contribution in [2.24, 2.45) is 0 Å². The minimum atomic E-state index is -0.753. The molecule has 0 saturated heterocycles. The summed E-state index contributed by atoms with van der Waals surface area (Å²) in [5, 5.41) is 13.1. The Morgan fingerprint density at radius 3 is 2.61 bits per heavy atom. The van der Waals surface area contributed by atoms with E-state index in [1.54, 1.807) is 0 Å². The van der Waals surface area contributed by atoms with Crippen molar-refractivity contribution in [2.45, 2.75) is 70.5 Å². The fourth-order valence-corrected chi connectivity index (χ4v) is 2.37. The number of carbonyl (C=O) groups is 1. The van der Waals surface area contributed by atoms with Gasteiger partial charge in [-0.05, 0) is 33.1 Å². The molecule has 4 heteroatoms. The van der Waals surface area contributed by atoms with E-state index in [1.807, 2.05) is 13.8 Å². The van der Waals surface area contributed by atoms with Crippen molar-refractivity contribution in [3.05, 3.63) is 0 Å². The first-order valence-corrected chi connectivity index (χ1v) is 7.12. The smallest absolute Gasteiger partial charge is 0.222 e. The minimum Gasteiger partial charge on any atom is -0.389 e. The average molecular weight is 257 g/mol. The van der Waals surface area contributed by atoms with Crippen molar-refractivity contribution in [1.82, 2.24) is 5.32 Å². The summed E-state index contributed by atoms with van der Waals surface area (Å²) in [5.41, 5.74) is -0.753. The zero-order valence-corrected chi connectivity index (χ0v) is 11.7. The van der Waals surface area contributed by atoms with E-state index < -0.39 is 5.60 Å². The first-order chi connectivity index (χ1) is 8.52. The predicted molar refractivity (Wildman–Crippen MR) is 71.4 cm³/mol. The summed E-state index contributed by atoms with van der Waals surface area (Å²) in [7, 11) is 0. The molecule has 0 aromatic carbocycles. The van der Waals surface area contributed by atoms with Crippen molar-refractivity contribution in [3.8, 4) is 0 Å². The molecule has 1 rings (SSSR count). The molecule has 1 aliphatic carbocycles. The summed E-state index contributed by atoms with van der Waals surface area (Å²) >= 11 is 0. The van der Waals surface area contributed by atoms with Gasteiger partial charge in [0, 0.05) is 13.2 Å². The van der Waals surface area contributed by atoms with Gasteiger partial charge in [0.2, 0.25) is 5.91 Å². The van der Waals surface area contributed by atoms with Crippen LogP contribution in [0.2, 0.25) is 0 Å². The molecule has 1 saturated carbocycles. The second-order valence-corrected chi connectivity index (χ2v) is 5.58. The lowest BCUT2D eigenvalue weighted by atomic mass is 9.82. The van der Waals surface area contributed by atoms with Crippen LogP contribution in [-0.2, 0) is 9.53 Å². The average Bonchev–Trinajstić information content (AvgIpc) is 2.28. The van der Waals surface area contributed by atoms with E-state index in [9.17, 15) is 9.90 Å². The van der Waals surface area contributed by atoms with Crippen molar-refractivity contribution >= 4 is 5.91 Å². The topological polar surface area (TPSA) is 58.6 Å². The van der Waals surface area contributed by atoms with E-state index in [0.29, 0.717) is 13.2 Å². The number of amides is 1. The lowest BCUT2D eigenvalue weighted by Crippen LogP contribution is -2.38. The largest absolute Gasteiger partial charge is 0.389 e. The monoisotopic (exact) mass is 257 g/mol. The van der Waals surface area contributed by atoms with Gasteiger partial charge in [-0.2, -0.15) is 0 Å². The first-order valence-electron chi connectivity index (χ1n) is 7.12. The number of nitrogens with one attached hydrogen (secondary N) is 1. The van der Waals surface area contributed by atoms with Crippen LogP contribution in [0.1, 0.15) is 58.8 Å². The zero-order valence-electron chi connectivity index (χ0n) is 11.7. The van der Waals surface area contributed by atoms with Gasteiger partial charge >= 0.3 is 0 Å². The summed E-state index contributed by atoms with van der Waals surface area (Å²) < 4.78 is 5.39. The molecule has 0 aliphatic heterocycles. The van der Waals surface area contributed by atoms with Crippen LogP contribution in [-0.4, -0.2) is 35.9 Å². The highest BCUT2D eigenvalue weighted by atomic mass is 16.5. The van der Waals surface area contributed by atoms with Gasteiger partial charge in [0.15, 0.2) is 0 Å². The molecule has 0 spiro atoms. The lowest BCUT2D eigenvalue weighted by molar-refractivity contribution is -0.127. The molecule has 18 heavy (non-hydrogen) atoms. The molecule has 4 nitrogen and oxygen atoms in total. The van der Waals surface area contributed by atoms with Crippen molar-refractivity contribution in [2.75, 3.05) is 13.2 Å². The number of rotatable bonds is 7. The highest BCUT2D eigenvalue weighted by Crippen LogP contribution is 2.30. The molecule has 1 fully saturated rings. The normalized spacial score (nSPS) is 18.9. The number of ether oxygens (including phenoxy) is 1. The Labute approximate surface area is 110 Å². The van der Waals surface area contributed by atoms with Crippen molar-refractivity contribution in [3.63, 3.8) is 0 Å². The molecule has 0 aromatic rings. The van der Waals surface area contributed by atoms with E-state index in [4.69, 9.17) is 4.74 Å². The second-order valence-electron chi connectivity index (χ2n) is 5.58. The summed E-state index contributed by atoms with van der Waals surface area (Å²) in [6.07, 6.45) is 6.08. The molecule has 0 atom stereocenters. The van der Waals surface area contributed by atoms with Gasteiger partial charge in [-0.3, -0.25) is 4.79 Å². The van der Waals surface area contributed by atoms with Gasteiger partial charge < -0.3 is 15.2 Å². The molecular formula is C14H27NO3. The van der Waals surface area contributed by atoms with E-state index in [1.165, 1.54) is 6.42 Å². The van der Waals surface area contributed by atoms with Crippen molar-refractivity contribution < 1.29 is 14.6 Å². The SMILES string of the molecule is CC(C)OCCCNC(=O)CC1(O)CCCCC1. The summed E-state index contributed by atoms with van der Waals surface area (Å²) in [5.74, 6) is -0.0380. The van der Waals surface area contributed by atoms with E-state index >= 15 is 0 Å². The van der Waals surface area contributed by atoms with Gasteiger partial charge in [-0.1, -0.05) is 19.3 Å². The summed E-state index contributed by atoms with van der Waals surface area (Å²) in [6, 6.07) is 0. The summed E-state index contributed by atoms with van der Waals surface area (Å²) in [6.45, 7) is 5.29. The summed E-state index contributed by atoms with van der Waals surface area (Å²) in [4.78, 5) is 11.7. The van der Waals surface area contributed by atoms with E-state index in [2.05, 4.69) is 5.32 Å². The maximum Gasteiger partial charge on any atom is 0.222 e. The highest BCUT2D eigenvalue weighted by molar-refractivity contribution is 5.76. The van der Waals surface area contributed by atoms with Crippen LogP contribution >= 0.6 is 0 Å². The third-order valence-corrected chi connectivity index (χ3v) is 3.37. The van der Waals surface area contributed by atoms with E-state index in [-0.39, 0.29) is 18.4 Å². The quantitative estimate of drug-likeness (QED) is 0.686. The van der Waals surface area contributed by atoms with Gasteiger partial charge in [0.1, 0.15) is 0 Å². The first kappa shape index (κ1) is 15.4. The Bertz CT molecular complexity index is 247. The fourth-order valence-electron chi connectivity index (χ4n) is 2.37. The Morgan fingerprint density at radius 2 is 2.00 bits per heavy atom. The van der Waals surface area contributed by atoms with Crippen LogP contribution in [0.4, 0.5) is 0 Å². The molecule has 0 bridgehead atoms. The predicted octanol–water partition coefficient (Wildman–Crippen LogP) is 2.00. The Kier molecular flexibility index (Phi) is 6.65. The van der Waals surface area contributed by atoms with Crippen LogP contribution in [0.25, 0.3) is 0 Å².